The maximum Gasteiger partial charge on any atom is 0.0919 e. The first-order valence-corrected chi connectivity index (χ1v) is 7.56. The Morgan fingerprint density at radius 1 is 1.10 bits per heavy atom. The molecule has 0 radical (unpaired) electrons. The number of aliphatic hydroxyl groups is 1. The zero-order valence-corrected chi connectivity index (χ0v) is 13.7. The van der Waals surface area contributed by atoms with E-state index >= 15 is 0 Å². The lowest BCUT2D eigenvalue weighted by atomic mass is 10.0. The molecule has 1 rings (SSSR count). The van der Waals surface area contributed by atoms with Crippen LogP contribution in [-0.2, 0) is 0 Å². The van der Waals surface area contributed by atoms with E-state index in [4.69, 9.17) is 0 Å². The van der Waals surface area contributed by atoms with E-state index in [0.717, 1.165) is 31.6 Å². The Hall–Kier alpha value is -0.900. The first kappa shape index (κ1) is 17.2. The van der Waals surface area contributed by atoms with Crippen molar-refractivity contribution in [1.82, 2.24) is 9.80 Å². The molecule has 1 aromatic carbocycles. The standard InChI is InChI=1S/C17H30N2O/c1-6-9-19(11-10-18(4)5)13-17(20)16-8-7-14(2)12-15(16)3/h7-8,12,17,20H,6,9-11,13H2,1-5H3. The van der Waals surface area contributed by atoms with Crippen LogP contribution in [0.5, 0.6) is 0 Å². The molecule has 1 unspecified atom stereocenters. The van der Waals surface area contributed by atoms with Crippen molar-refractivity contribution in [3.8, 4) is 0 Å². The van der Waals surface area contributed by atoms with Gasteiger partial charge in [0.15, 0.2) is 0 Å². The average molecular weight is 278 g/mol. The van der Waals surface area contributed by atoms with E-state index in [-0.39, 0.29) is 0 Å². The van der Waals surface area contributed by atoms with Gasteiger partial charge in [0.2, 0.25) is 0 Å². The summed E-state index contributed by atoms with van der Waals surface area (Å²) < 4.78 is 0. The molecule has 0 saturated heterocycles. The SMILES string of the molecule is CCCN(CCN(C)C)CC(O)c1ccc(C)cc1C. The number of hydrogen-bond acceptors (Lipinski definition) is 3. The van der Waals surface area contributed by atoms with Crippen LogP contribution in [0.2, 0.25) is 0 Å². The lowest BCUT2D eigenvalue weighted by molar-refractivity contribution is 0.108. The van der Waals surface area contributed by atoms with Gasteiger partial charge in [-0.25, -0.2) is 0 Å². The number of nitrogens with zero attached hydrogens (tertiary/aromatic N) is 2. The Bertz CT molecular complexity index is 404. The van der Waals surface area contributed by atoms with Crippen molar-refractivity contribution in [2.45, 2.75) is 33.3 Å². The topological polar surface area (TPSA) is 26.7 Å². The van der Waals surface area contributed by atoms with Crippen LogP contribution in [0.25, 0.3) is 0 Å². The predicted octanol–water partition coefficient (Wildman–Crippen LogP) is 2.61. The van der Waals surface area contributed by atoms with E-state index in [2.05, 4.69) is 62.9 Å². The highest BCUT2D eigenvalue weighted by molar-refractivity contribution is 5.32. The summed E-state index contributed by atoms with van der Waals surface area (Å²) in [4.78, 5) is 4.54. The van der Waals surface area contributed by atoms with Gasteiger partial charge in [-0.3, -0.25) is 4.90 Å². The number of aryl methyl sites for hydroxylation is 2. The van der Waals surface area contributed by atoms with E-state index in [1.807, 2.05) is 0 Å². The Morgan fingerprint density at radius 3 is 2.35 bits per heavy atom. The van der Waals surface area contributed by atoms with E-state index < -0.39 is 6.10 Å². The van der Waals surface area contributed by atoms with E-state index in [0.29, 0.717) is 6.54 Å². The fourth-order valence-corrected chi connectivity index (χ4v) is 2.49. The Labute approximate surface area is 124 Å². The van der Waals surface area contributed by atoms with Crippen LogP contribution in [0.3, 0.4) is 0 Å². The summed E-state index contributed by atoms with van der Waals surface area (Å²) in [5, 5.41) is 10.5. The third kappa shape index (κ3) is 5.61. The molecule has 0 aliphatic heterocycles. The van der Waals surface area contributed by atoms with Crippen LogP contribution in [0.1, 0.15) is 36.1 Å². The van der Waals surface area contributed by atoms with Crippen molar-refractivity contribution in [2.75, 3.05) is 40.3 Å². The first-order chi connectivity index (χ1) is 9.43. The molecule has 0 spiro atoms. The summed E-state index contributed by atoms with van der Waals surface area (Å²) in [6, 6.07) is 6.28. The largest absolute Gasteiger partial charge is 0.387 e. The molecule has 3 nitrogen and oxygen atoms in total. The van der Waals surface area contributed by atoms with Crippen LogP contribution in [-0.4, -0.2) is 55.2 Å². The fourth-order valence-electron chi connectivity index (χ4n) is 2.49. The zero-order valence-electron chi connectivity index (χ0n) is 13.7. The van der Waals surface area contributed by atoms with Gasteiger partial charge in [0, 0.05) is 19.6 Å². The third-order valence-electron chi connectivity index (χ3n) is 3.62. The Balaban J connectivity index is 2.66. The molecule has 3 heteroatoms. The molecule has 0 amide bonds. The van der Waals surface area contributed by atoms with Gasteiger partial charge in [-0.15, -0.1) is 0 Å². The summed E-state index contributed by atoms with van der Waals surface area (Å²) in [6.07, 6.45) is 0.719. The van der Waals surface area contributed by atoms with Crippen molar-refractivity contribution in [1.29, 1.82) is 0 Å². The summed E-state index contributed by atoms with van der Waals surface area (Å²) >= 11 is 0. The number of aliphatic hydroxyl groups excluding tert-OH is 1. The number of rotatable bonds is 8. The molecule has 20 heavy (non-hydrogen) atoms. The van der Waals surface area contributed by atoms with Crippen LogP contribution in [0.15, 0.2) is 18.2 Å². The normalized spacial score (nSPS) is 13.2. The molecule has 0 heterocycles. The summed E-state index contributed by atoms with van der Waals surface area (Å²) in [6.45, 7) is 10.1. The highest BCUT2D eigenvalue weighted by Gasteiger charge is 2.15. The summed E-state index contributed by atoms with van der Waals surface area (Å²) in [5.41, 5.74) is 3.49. The quantitative estimate of drug-likeness (QED) is 0.792. The van der Waals surface area contributed by atoms with Crippen molar-refractivity contribution >= 4 is 0 Å². The van der Waals surface area contributed by atoms with Gasteiger partial charge in [0.05, 0.1) is 6.10 Å². The van der Waals surface area contributed by atoms with Crippen LogP contribution in [0, 0.1) is 13.8 Å². The van der Waals surface area contributed by atoms with Gasteiger partial charge in [-0.1, -0.05) is 30.7 Å². The van der Waals surface area contributed by atoms with E-state index in [9.17, 15) is 5.11 Å². The molecule has 0 aliphatic carbocycles. The molecule has 0 saturated carbocycles. The third-order valence-corrected chi connectivity index (χ3v) is 3.62. The van der Waals surface area contributed by atoms with Crippen molar-refractivity contribution < 1.29 is 5.11 Å². The highest BCUT2D eigenvalue weighted by Crippen LogP contribution is 2.20. The van der Waals surface area contributed by atoms with Crippen molar-refractivity contribution in [2.24, 2.45) is 0 Å². The van der Waals surface area contributed by atoms with Gasteiger partial charge < -0.3 is 10.0 Å². The second-order valence-electron chi connectivity index (χ2n) is 5.98. The smallest absolute Gasteiger partial charge is 0.0919 e. The molecule has 1 N–H and O–H groups in total. The lowest BCUT2D eigenvalue weighted by Crippen LogP contribution is -2.35. The summed E-state index contributed by atoms with van der Waals surface area (Å²) in [7, 11) is 4.18. The molecule has 0 aromatic heterocycles. The Morgan fingerprint density at radius 2 is 1.80 bits per heavy atom. The van der Waals surface area contributed by atoms with E-state index in [1.54, 1.807) is 0 Å². The molecule has 0 fully saturated rings. The maximum atomic E-state index is 10.5. The second-order valence-corrected chi connectivity index (χ2v) is 5.98. The fraction of sp³-hybridized carbons (Fsp3) is 0.647. The van der Waals surface area contributed by atoms with Crippen molar-refractivity contribution in [3.05, 3.63) is 34.9 Å². The van der Waals surface area contributed by atoms with Gasteiger partial charge in [-0.05, 0) is 52.0 Å². The number of likely N-dealkylation sites (N-methyl/N-ethyl adjacent to an activating group) is 1. The van der Waals surface area contributed by atoms with Crippen molar-refractivity contribution in [3.63, 3.8) is 0 Å². The van der Waals surface area contributed by atoms with Gasteiger partial charge >= 0.3 is 0 Å². The molecule has 1 atom stereocenters. The monoisotopic (exact) mass is 278 g/mol. The minimum atomic E-state index is -0.399. The molecular weight excluding hydrogens is 248 g/mol. The maximum absolute atomic E-state index is 10.5. The van der Waals surface area contributed by atoms with Gasteiger partial charge in [-0.2, -0.15) is 0 Å². The highest BCUT2D eigenvalue weighted by atomic mass is 16.3. The van der Waals surface area contributed by atoms with E-state index in [1.165, 1.54) is 11.1 Å². The number of hydrogen-bond donors (Lipinski definition) is 1. The zero-order chi connectivity index (χ0) is 15.1. The number of benzene rings is 1. The Kier molecular flexibility index (Phi) is 7.20. The molecule has 0 aliphatic rings. The molecular formula is C17H30N2O. The summed E-state index contributed by atoms with van der Waals surface area (Å²) in [5.74, 6) is 0. The minimum Gasteiger partial charge on any atom is -0.387 e. The predicted molar refractivity (Wildman–Crippen MR) is 86.2 cm³/mol. The molecule has 114 valence electrons. The average Bonchev–Trinajstić information content (AvgIpc) is 2.35. The minimum absolute atomic E-state index is 0.399. The molecule has 0 bridgehead atoms. The van der Waals surface area contributed by atoms with Crippen LogP contribution < -0.4 is 0 Å². The van der Waals surface area contributed by atoms with Gasteiger partial charge in [0.1, 0.15) is 0 Å². The second kappa shape index (κ2) is 8.40. The first-order valence-electron chi connectivity index (χ1n) is 7.56. The van der Waals surface area contributed by atoms with Crippen LogP contribution in [0.4, 0.5) is 0 Å². The lowest BCUT2D eigenvalue weighted by Gasteiger charge is -2.26. The molecule has 1 aromatic rings. The van der Waals surface area contributed by atoms with Crippen LogP contribution >= 0.6 is 0 Å². The van der Waals surface area contributed by atoms with Gasteiger partial charge in [0.25, 0.3) is 0 Å².